The van der Waals surface area contributed by atoms with E-state index in [0.29, 0.717) is 35.4 Å². The van der Waals surface area contributed by atoms with Gasteiger partial charge in [0.2, 0.25) is 11.8 Å². The third-order valence-corrected chi connectivity index (χ3v) is 5.46. The standard InChI is InChI=1S/C19H24FN5O3S/c20-13-3-5-14(6-4-13)22-18(27)9-11-29-19-24-23-17(8-7-16(21)26)25(19)12-15-2-1-10-28-15/h3-6,15H,1-2,7-12H2,(H2,21,26)(H,22,27). The number of carbonyl (C=O) groups excluding carboxylic acids is 2. The summed E-state index contributed by atoms with van der Waals surface area (Å²) >= 11 is 1.42. The molecular weight excluding hydrogens is 397 g/mol. The van der Waals surface area contributed by atoms with Gasteiger partial charge >= 0.3 is 0 Å². The normalized spacial score (nSPS) is 16.1. The summed E-state index contributed by atoms with van der Waals surface area (Å²) in [5.74, 6) is 0.299. The first-order valence-corrected chi connectivity index (χ1v) is 10.5. The van der Waals surface area contributed by atoms with Crippen LogP contribution in [0.1, 0.15) is 31.5 Å². The van der Waals surface area contributed by atoms with E-state index in [9.17, 15) is 14.0 Å². The summed E-state index contributed by atoms with van der Waals surface area (Å²) in [5, 5.41) is 11.8. The molecular formula is C19H24FN5O3S. The summed E-state index contributed by atoms with van der Waals surface area (Å²) in [6.45, 7) is 1.36. The van der Waals surface area contributed by atoms with Crippen molar-refractivity contribution in [3.8, 4) is 0 Å². The number of benzene rings is 1. The summed E-state index contributed by atoms with van der Waals surface area (Å²) in [4.78, 5) is 23.2. The lowest BCUT2D eigenvalue weighted by Crippen LogP contribution is -2.19. The molecule has 3 N–H and O–H groups in total. The number of nitrogens with two attached hydrogens (primary N) is 1. The summed E-state index contributed by atoms with van der Waals surface area (Å²) < 4.78 is 20.6. The molecule has 1 fully saturated rings. The van der Waals surface area contributed by atoms with Crippen molar-refractivity contribution in [1.29, 1.82) is 0 Å². The van der Waals surface area contributed by atoms with E-state index >= 15 is 0 Å². The first-order chi connectivity index (χ1) is 14.0. The van der Waals surface area contributed by atoms with Gasteiger partial charge in [-0.05, 0) is 37.1 Å². The number of nitrogens with zero attached hydrogens (tertiary/aromatic N) is 3. The molecule has 1 saturated heterocycles. The Kier molecular flexibility index (Phi) is 7.59. The Morgan fingerprint density at radius 2 is 2.07 bits per heavy atom. The molecule has 1 unspecified atom stereocenters. The molecule has 2 heterocycles. The lowest BCUT2D eigenvalue weighted by molar-refractivity contribution is -0.118. The van der Waals surface area contributed by atoms with Crippen LogP contribution in [0.4, 0.5) is 10.1 Å². The number of primary amides is 1. The average molecular weight is 421 g/mol. The molecule has 2 aromatic rings. The molecule has 0 saturated carbocycles. The van der Waals surface area contributed by atoms with Crippen molar-refractivity contribution >= 4 is 29.3 Å². The van der Waals surface area contributed by atoms with Crippen LogP contribution in [0, 0.1) is 5.82 Å². The monoisotopic (exact) mass is 421 g/mol. The number of nitrogens with one attached hydrogen (secondary N) is 1. The highest BCUT2D eigenvalue weighted by atomic mass is 32.2. The number of halogens is 1. The number of aryl methyl sites for hydroxylation is 1. The molecule has 0 spiro atoms. The van der Waals surface area contributed by atoms with E-state index < -0.39 is 0 Å². The zero-order valence-corrected chi connectivity index (χ0v) is 16.8. The molecule has 29 heavy (non-hydrogen) atoms. The maximum absolute atomic E-state index is 12.9. The Morgan fingerprint density at radius 1 is 1.28 bits per heavy atom. The number of hydrogen-bond donors (Lipinski definition) is 2. The largest absolute Gasteiger partial charge is 0.376 e. The van der Waals surface area contributed by atoms with Crippen molar-refractivity contribution in [2.75, 3.05) is 17.7 Å². The molecule has 10 heteroatoms. The fraction of sp³-hybridized carbons (Fsp3) is 0.474. The van der Waals surface area contributed by atoms with Crippen LogP contribution in [0.5, 0.6) is 0 Å². The number of amides is 2. The molecule has 0 radical (unpaired) electrons. The molecule has 1 aromatic heterocycles. The van der Waals surface area contributed by atoms with Gasteiger partial charge in [0.15, 0.2) is 5.16 Å². The highest BCUT2D eigenvalue weighted by molar-refractivity contribution is 7.99. The van der Waals surface area contributed by atoms with Crippen LogP contribution in [0.25, 0.3) is 0 Å². The van der Waals surface area contributed by atoms with Gasteiger partial charge in [0.1, 0.15) is 11.6 Å². The van der Waals surface area contributed by atoms with E-state index in [2.05, 4.69) is 15.5 Å². The van der Waals surface area contributed by atoms with Crippen molar-refractivity contribution < 1.29 is 18.7 Å². The predicted molar refractivity (Wildman–Crippen MR) is 107 cm³/mol. The van der Waals surface area contributed by atoms with E-state index in [1.54, 1.807) is 0 Å². The molecule has 1 aliphatic rings. The summed E-state index contributed by atoms with van der Waals surface area (Å²) in [6, 6.07) is 5.63. The second-order valence-electron chi connectivity index (χ2n) is 6.76. The Labute approximate surface area is 172 Å². The van der Waals surface area contributed by atoms with Gasteiger partial charge in [-0.15, -0.1) is 10.2 Å². The molecule has 0 bridgehead atoms. The van der Waals surface area contributed by atoms with Gasteiger partial charge in [0, 0.05) is 37.3 Å². The first-order valence-electron chi connectivity index (χ1n) is 9.51. The van der Waals surface area contributed by atoms with Crippen molar-refractivity contribution in [3.63, 3.8) is 0 Å². The fourth-order valence-corrected chi connectivity index (χ4v) is 3.92. The number of ether oxygens (including phenoxy) is 1. The van der Waals surface area contributed by atoms with Crippen LogP contribution in [0.15, 0.2) is 29.4 Å². The maximum atomic E-state index is 12.9. The molecule has 3 rings (SSSR count). The molecule has 1 aliphatic heterocycles. The van der Waals surface area contributed by atoms with Gasteiger partial charge in [-0.1, -0.05) is 11.8 Å². The van der Waals surface area contributed by atoms with Crippen LogP contribution < -0.4 is 11.1 Å². The van der Waals surface area contributed by atoms with Gasteiger partial charge < -0.3 is 20.4 Å². The number of hydrogen-bond acceptors (Lipinski definition) is 6. The highest BCUT2D eigenvalue weighted by Gasteiger charge is 2.21. The lowest BCUT2D eigenvalue weighted by atomic mass is 10.2. The van der Waals surface area contributed by atoms with E-state index in [0.717, 1.165) is 19.4 Å². The summed E-state index contributed by atoms with van der Waals surface area (Å²) in [7, 11) is 0. The minimum atomic E-state index is -0.386. The quantitative estimate of drug-likeness (QED) is 0.569. The van der Waals surface area contributed by atoms with Gasteiger partial charge in [0.25, 0.3) is 0 Å². The number of carbonyl (C=O) groups is 2. The van der Waals surface area contributed by atoms with Crippen molar-refractivity contribution in [3.05, 3.63) is 35.9 Å². The van der Waals surface area contributed by atoms with Gasteiger partial charge in [-0.25, -0.2) is 4.39 Å². The van der Waals surface area contributed by atoms with Crippen molar-refractivity contribution in [2.24, 2.45) is 5.73 Å². The van der Waals surface area contributed by atoms with Gasteiger partial charge in [-0.3, -0.25) is 9.59 Å². The molecule has 8 nitrogen and oxygen atoms in total. The third kappa shape index (κ3) is 6.53. The summed E-state index contributed by atoms with van der Waals surface area (Å²) in [5.41, 5.74) is 5.81. The molecule has 1 atom stereocenters. The smallest absolute Gasteiger partial charge is 0.225 e. The molecule has 0 aliphatic carbocycles. The second-order valence-corrected chi connectivity index (χ2v) is 7.83. The Balaban J connectivity index is 1.56. The number of aromatic nitrogens is 3. The fourth-order valence-electron chi connectivity index (χ4n) is 3.01. The van der Waals surface area contributed by atoms with Crippen molar-refractivity contribution in [2.45, 2.75) is 49.9 Å². The molecule has 156 valence electrons. The van der Waals surface area contributed by atoms with Gasteiger partial charge in [-0.2, -0.15) is 0 Å². The summed E-state index contributed by atoms with van der Waals surface area (Å²) in [6.07, 6.45) is 2.98. The minimum absolute atomic E-state index is 0.0967. The number of rotatable bonds is 10. The van der Waals surface area contributed by atoms with Crippen LogP contribution in [-0.2, 0) is 27.3 Å². The number of anilines is 1. The number of thioether (sulfide) groups is 1. The lowest BCUT2D eigenvalue weighted by Gasteiger charge is -2.14. The minimum Gasteiger partial charge on any atom is -0.376 e. The van der Waals surface area contributed by atoms with Crippen LogP contribution in [0.2, 0.25) is 0 Å². The van der Waals surface area contributed by atoms with E-state index in [1.807, 2.05) is 4.57 Å². The highest BCUT2D eigenvalue weighted by Crippen LogP contribution is 2.22. The molecule has 2 amide bonds. The maximum Gasteiger partial charge on any atom is 0.225 e. The zero-order valence-electron chi connectivity index (χ0n) is 16.0. The predicted octanol–water partition coefficient (Wildman–Crippen LogP) is 2.13. The Hall–Kier alpha value is -2.46. The van der Waals surface area contributed by atoms with Gasteiger partial charge in [0.05, 0.1) is 12.6 Å². The third-order valence-electron chi connectivity index (χ3n) is 4.49. The van der Waals surface area contributed by atoms with E-state index in [4.69, 9.17) is 10.5 Å². The van der Waals surface area contributed by atoms with Crippen LogP contribution in [-0.4, -0.2) is 45.0 Å². The first kappa shape index (κ1) is 21.3. The van der Waals surface area contributed by atoms with E-state index in [1.165, 1.54) is 36.0 Å². The second kappa shape index (κ2) is 10.4. The van der Waals surface area contributed by atoms with Crippen LogP contribution in [0.3, 0.4) is 0 Å². The van der Waals surface area contributed by atoms with Crippen LogP contribution >= 0.6 is 11.8 Å². The molecule has 1 aromatic carbocycles. The van der Waals surface area contributed by atoms with E-state index in [-0.39, 0.29) is 36.6 Å². The van der Waals surface area contributed by atoms with Crippen molar-refractivity contribution in [1.82, 2.24) is 14.8 Å². The average Bonchev–Trinajstić information content (AvgIpc) is 3.33. The SMILES string of the molecule is NC(=O)CCc1nnc(SCCC(=O)Nc2ccc(F)cc2)n1CC1CCCO1. The zero-order chi connectivity index (χ0) is 20.6. The topological polar surface area (TPSA) is 112 Å². The Bertz CT molecular complexity index is 837. The Morgan fingerprint density at radius 3 is 2.76 bits per heavy atom.